The molecule has 164 valence electrons. The van der Waals surface area contributed by atoms with Crippen molar-refractivity contribution < 1.29 is 27.4 Å². The first kappa shape index (κ1) is 24.1. The number of rotatable bonds is 3. The van der Waals surface area contributed by atoms with E-state index in [1.165, 1.54) is 12.5 Å². The second kappa shape index (κ2) is 9.33. The minimum absolute atomic E-state index is 0.109. The molecule has 2 aromatic rings. The van der Waals surface area contributed by atoms with E-state index in [4.69, 9.17) is 33.8 Å². The van der Waals surface area contributed by atoms with Gasteiger partial charge < -0.3 is 15.1 Å². The number of hydrogen-bond acceptors (Lipinski definition) is 6. The van der Waals surface area contributed by atoms with Gasteiger partial charge in [0.1, 0.15) is 18.1 Å². The number of carbonyl (C=O) groups excluding carboxylic acids is 1. The first-order valence-electron chi connectivity index (χ1n) is 8.11. The highest BCUT2D eigenvalue weighted by molar-refractivity contribution is 7.90. The second-order valence-corrected chi connectivity index (χ2v) is 8.32. The van der Waals surface area contributed by atoms with Crippen molar-refractivity contribution in [3.8, 4) is 0 Å². The lowest BCUT2D eigenvalue weighted by Gasteiger charge is -2.14. The van der Waals surface area contributed by atoms with Gasteiger partial charge >= 0.3 is 12.1 Å². The molecule has 1 heterocycles. The monoisotopic (exact) mass is 485 g/mol. The predicted molar refractivity (Wildman–Crippen MR) is 107 cm³/mol. The van der Waals surface area contributed by atoms with Crippen LogP contribution in [0.4, 0.5) is 24.7 Å². The molecule has 0 aliphatic carbocycles. The molecule has 0 amide bonds. The summed E-state index contributed by atoms with van der Waals surface area (Å²) < 4.78 is 51.5. The molecule has 2 rings (SSSR count). The Morgan fingerprint density at radius 1 is 1.37 bits per heavy atom. The molecule has 8 nitrogen and oxygen atoms in total. The quantitative estimate of drug-likeness (QED) is 0.295. The fourth-order valence-electron chi connectivity index (χ4n) is 2.00. The van der Waals surface area contributed by atoms with Gasteiger partial charge in [-0.25, -0.2) is 9.79 Å². The van der Waals surface area contributed by atoms with E-state index in [-0.39, 0.29) is 22.4 Å². The molecule has 1 aromatic carbocycles. The standard InChI is InChI=1S/C16H16Cl2F3N5O3S/c1-7(2)14(27)29-25-15(26-13(22)11(6-23-26)30(3)28)24-12-9(17)4-8(5-10(12)18)16(19,20)21/h4-7H,22H2,1-3H3,(H,24,25). The zero-order valence-corrected chi connectivity index (χ0v) is 18.1. The minimum atomic E-state index is -4.67. The van der Waals surface area contributed by atoms with E-state index in [2.05, 4.69) is 15.6 Å². The number of nitrogens with two attached hydrogens (primary N) is 1. The van der Waals surface area contributed by atoms with E-state index in [1.54, 1.807) is 13.8 Å². The number of hydrogen-bond donors (Lipinski definition) is 2. The number of nitrogens with zero attached hydrogens (tertiary/aromatic N) is 3. The molecule has 14 heteroatoms. The van der Waals surface area contributed by atoms with E-state index in [0.29, 0.717) is 12.1 Å². The lowest BCUT2D eigenvalue weighted by Crippen LogP contribution is -2.35. The Kier molecular flexibility index (Phi) is 7.50. The zero-order chi connectivity index (χ0) is 22.8. The van der Waals surface area contributed by atoms with Gasteiger partial charge in [0.05, 0.1) is 21.5 Å². The molecule has 1 atom stereocenters. The van der Waals surface area contributed by atoms with Crippen LogP contribution in [0.2, 0.25) is 10.0 Å². The molecule has 1 aromatic heterocycles. The molecule has 0 radical (unpaired) electrons. The van der Waals surface area contributed by atoms with Crippen LogP contribution in [0.25, 0.3) is 0 Å². The molecule has 0 fully saturated rings. The zero-order valence-electron chi connectivity index (χ0n) is 15.8. The average Bonchev–Trinajstić information content (AvgIpc) is 3.00. The molecule has 3 N–H and O–H groups in total. The third kappa shape index (κ3) is 5.50. The highest BCUT2D eigenvalue weighted by Gasteiger charge is 2.32. The third-order valence-electron chi connectivity index (χ3n) is 3.56. The molecular formula is C16H16Cl2F3N5O3S. The van der Waals surface area contributed by atoms with Gasteiger partial charge in [-0.3, -0.25) is 0 Å². The van der Waals surface area contributed by atoms with E-state index < -0.39 is 44.8 Å². The van der Waals surface area contributed by atoms with Crippen LogP contribution in [-0.4, -0.2) is 32.5 Å². The van der Waals surface area contributed by atoms with E-state index in [0.717, 1.165) is 4.68 Å². The summed E-state index contributed by atoms with van der Waals surface area (Å²) in [5.41, 5.74) is 6.82. The maximum absolute atomic E-state index is 12.9. The Labute approximate surface area is 182 Å². The fourth-order valence-corrected chi connectivity index (χ4v) is 3.15. The van der Waals surface area contributed by atoms with Crippen molar-refractivity contribution in [2.75, 3.05) is 12.0 Å². The number of anilines is 1. The Morgan fingerprint density at radius 3 is 2.37 bits per heavy atom. The smallest absolute Gasteiger partial charge is 0.416 e. The highest BCUT2D eigenvalue weighted by atomic mass is 35.5. The van der Waals surface area contributed by atoms with Gasteiger partial charge in [0.25, 0.3) is 5.96 Å². The van der Waals surface area contributed by atoms with Crippen LogP contribution in [0.5, 0.6) is 0 Å². The van der Waals surface area contributed by atoms with Crippen LogP contribution >= 0.6 is 23.2 Å². The third-order valence-corrected chi connectivity index (χ3v) is 5.07. The van der Waals surface area contributed by atoms with Crippen LogP contribution in [0.15, 0.2) is 28.2 Å². The minimum Gasteiger partial charge on any atom is -0.612 e. The Morgan fingerprint density at radius 2 is 1.93 bits per heavy atom. The van der Waals surface area contributed by atoms with Crippen LogP contribution in [-0.2, 0) is 27.0 Å². The maximum atomic E-state index is 12.9. The topological polar surface area (TPSA) is 118 Å². The summed E-state index contributed by atoms with van der Waals surface area (Å²) in [4.78, 5) is 20.9. The lowest BCUT2D eigenvalue weighted by molar-refractivity contribution is -0.151. The number of halogens is 5. The summed E-state index contributed by atoms with van der Waals surface area (Å²) in [7, 11) is 0. The number of aromatic nitrogens is 2. The Hall–Kier alpha value is -2.15. The summed E-state index contributed by atoms with van der Waals surface area (Å²) in [5.74, 6) is -1.63. The van der Waals surface area contributed by atoms with Crippen molar-refractivity contribution in [3.63, 3.8) is 0 Å². The molecule has 0 spiro atoms. The largest absolute Gasteiger partial charge is 0.612 e. The summed E-state index contributed by atoms with van der Waals surface area (Å²) in [6, 6.07) is 1.28. The van der Waals surface area contributed by atoms with Crippen molar-refractivity contribution in [3.05, 3.63) is 33.9 Å². The number of nitrogens with one attached hydrogen (secondary N) is 1. The molecule has 0 aliphatic heterocycles. The van der Waals surface area contributed by atoms with Crippen LogP contribution in [0.3, 0.4) is 0 Å². The van der Waals surface area contributed by atoms with Crippen molar-refractivity contribution >= 4 is 57.8 Å². The number of carbonyl (C=O) groups is 1. The van der Waals surface area contributed by atoms with Gasteiger partial charge in [-0.1, -0.05) is 37.0 Å². The Balaban J connectivity index is 2.57. The predicted octanol–water partition coefficient (Wildman–Crippen LogP) is 3.77. The highest BCUT2D eigenvalue weighted by Crippen LogP contribution is 2.40. The number of nitrogen functional groups attached to an aromatic ring is 1. The fraction of sp³-hybridized carbons (Fsp3) is 0.312. The maximum Gasteiger partial charge on any atom is 0.416 e. The second-order valence-electron chi connectivity index (χ2n) is 6.16. The van der Waals surface area contributed by atoms with Gasteiger partial charge in [-0.05, 0) is 23.3 Å². The van der Waals surface area contributed by atoms with Gasteiger partial charge in [0.2, 0.25) is 4.90 Å². The van der Waals surface area contributed by atoms with Crippen molar-refractivity contribution in [2.24, 2.45) is 10.9 Å². The summed E-state index contributed by atoms with van der Waals surface area (Å²) >= 11 is 10.4. The summed E-state index contributed by atoms with van der Waals surface area (Å²) in [5, 5.41) is 3.08. The molecule has 0 saturated heterocycles. The van der Waals surface area contributed by atoms with Crippen molar-refractivity contribution in [2.45, 2.75) is 24.9 Å². The number of aliphatic imine (C=N–C) groups is 1. The molecule has 0 saturated carbocycles. The molecule has 1 unspecified atom stereocenters. The van der Waals surface area contributed by atoms with Crippen molar-refractivity contribution in [1.29, 1.82) is 0 Å². The lowest BCUT2D eigenvalue weighted by atomic mass is 10.2. The molecule has 0 bridgehead atoms. The SMILES string of the molecule is CC(C)C(=O)ONC(=Nc1c(Cl)cc(C(F)(F)F)cc1Cl)n1ncc([S+](C)[O-])c1N. The Bertz CT molecular complexity index is 957. The van der Waals surface area contributed by atoms with E-state index in [9.17, 15) is 22.5 Å². The summed E-state index contributed by atoms with van der Waals surface area (Å²) in [6.07, 6.45) is -2.11. The van der Waals surface area contributed by atoms with Crippen molar-refractivity contribution in [1.82, 2.24) is 15.3 Å². The first-order chi connectivity index (χ1) is 13.8. The number of benzene rings is 1. The van der Waals surface area contributed by atoms with Crippen LogP contribution in [0.1, 0.15) is 19.4 Å². The van der Waals surface area contributed by atoms with Crippen LogP contribution < -0.4 is 11.2 Å². The van der Waals surface area contributed by atoms with Gasteiger partial charge in [-0.2, -0.15) is 28.4 Å². The average molecular weight is 486 g/mol. The van der Waals surface area contributed by atoms with Gasteiger partial charge in [0, 0.05) is 0 Å². The normalized spacial score (nSPS) is 13.5. The van der Waals surface area contributed by atoms with Crippen LogP contribution in [0, 0.1) is 5.92 Å². The molecule has 30 heavy (non-hydrogen) atoms. The summed E-state index contributed by atoms with van der Waals surface area (Å²) in [6.45, 7) is 3.15. The van der Waals surface area contributed by atoms with Gasteiger partial charge in [0.15, 0.2) is 5.82 Å². The van der Waals surface area contributed by atoms with E-state index in [1.807, 2.05) is 0 Å². The van der Waals surface area contributed by atoms with E-state index >= 15 is 0 Å². The number of hydroxylamine groups is 1. The van der Waals surface area contributed by atoms with Gasteiger partial charge in [-0.15, -0.1) is 0 Å². The number of alkyl halides is 3. The first-order valence-corrected chi connectivity index (χ1v) is 10.4. The molecular weight excluding hydrogens is 470 g/mol. The molecule has 0 aliphatic rings.